The molecule has 1 aromatic heterocycles. The van der Waals surface area contributed by atoms with Crippen LogP contribution in [0.15, 0.2) is 24.4 Å². The van der Waals surface area contributed by atoms with Crippen LogP contribution in [-0.2, 0) is 36.5 Å². The topological polar surface area (TPSA) is 77.3 Å². The molecule has 7 nitrogen and oxygen atoms in total. The van der Waals surface area contributed by atoms with E-state index in [-0.39, 0.29) is 11.8 Å². The van der Waals surface area contributed by atoms with E-state index in [9.17, 15) is 8.42 Å². The van der Waals surface area contributed by atoms with Crippen molar-refractivity contribution in [1.82, 2.24) is 19.3 Å². The summed E-state index contributed by atoms with van der Waals surface area (Å²) in [6.45, 7) is 1.02. The van der Waals surface area contributed by atoms with Gasteiger partial charge >= 0.3 is 0 Å². The smallest absolute Gasteiger partial charge is 0.215 e. The van der Waals surface area contributed by atoms with Crippen molar-refractivity contribution in [2.24, 2.45) is 7.05 Å². The van der Waals surface area contributed by atoms with E-state index in [1.54, 1.807) is 22.2 Å². The second-order valence-electron chi connectivity index (χ2n) is 6.77. The highest BCUT2D eigenvalue weighted by Crippen LogP contribution is 2.31. The van der Waals surface area contributed by atoms with Gasteiger partial charge in [-0.25, -0.2) is 8.42 Å². The number of aryl methyl sites for hydroxylation is 2. The predicted molar refractivity (Wildman–Crippen MR) is 92.7 cm³/mol. The van der Waals surface area contributed by atoms with Crippen LogP contribution in [0.3, 0.4) is 0 Å². The predicted octanol–water partition coefficient (Wildman–Crippen LogP) is 1.29. The highest BCUT2D eigenvalue weighted by atomic mass is 32.2. The van der Waals surface area contributed by atoms with E-state index >= 15 is 0 Å². The largest absolute Gasteiger partial charge is 0.493 e. The fraction of sp³-hybridized carbons (Fsp3) is 0.529. The lowest BCUT2D eigenvalue weighted by atomic mass is 10.1. The van der Waals surface area contributed by atoms with Crippen molar-refractivity contribution >= 4 is 10.0 Å². The lowest BCUT2D eigenvalue weighted by Crippen LogP contribution is -2.35. The first-order chi connectivity index (χ1) is 12.0. The molecule has 0 amide bonds. The minimum Gasteiger partial charge on any atom is -0.493 e. The van der Waals surface area contributed by atoms with Crippen LogP contribution in [0.2, 0.25) is 0 Å². The Morgan fingerprint density at radius 2 is 2.20 bits per heavy atom. The number of sulfonamides is 1. The molecule has 8 heteroatoms. The van der Waals surface area contributed by atoms with E-state index < -0.39 is 10.0 Å². The van der Waals surface area contributed by atoms with Gasteiger partial charge in [0.2, 0.25) is 10.0 Å². The van der Waals surface area contributed by atoms with Gasteiger partial charge in [0, 0.05) is 25.7 Å². The van der Waals surface area contributed by atoms with Gasteiger partial charge in [-0.05, 0) is 36.5 Å². The molecule has 2 aromatic rings. The molecule has 134 valence electrons. The quantitative estimate of drug-likeness (QED) is 0.742. The van der Waals surface area contributed by atoms with E-state index in [2.05, 4.69) is 16.4 Å². The molecule has 0 unspecified atom stereocenters. The number of benzene rings is 1. The van der Waals surface area contributed by atoms with Gasteiger partial charge in [-0.3, -0.25) is 4.68 Å². The number of hydrogen-bond acceptors (Lipinski definition) is 5. The van der Waals surface area contributed by atoms with E-state index in [1.165, 1.54) is 5.56 Å². The highest BCUT2D eigenvalue weighted by molar-refractivity contribution is 7.89. The number of ether oxygens (including phenoxy) is 1. The minimum absolute atomic E-state index is 0.112. The van der Waals surface area contributed by atoms with Gasteiger partial charge in [0.25, 0.3) is 0 Å². The number of fused-ring (bicyclic) bond motifs is 1. The van der Waals surface area contributed by atoms with Gasteiger partial charge in [-0.15, -0.1) is 5.10 Å². The Balaban J connectivity index is 1.45. The second-order valence-corrected chi connectivity index (χ2v) is 8.81. The lowest BCUT2D eigenvalue weighted by Gasteiger charge is -2.20. The molecule has 0 N–H and O–H groups in total. The van der Waals surface area contributed by atoms with Crippen molar-refractivity contribution < 1.29 is 13.2 Å². The molecule has 2 heterocycles. The Hall–Kier alpha value is -1.93. The van der Waals surface area contributed by atoms with Crippen LogP contribution in [0.1, 0.15) is 29.7 Å². The van der Waals surface area contributed by atoms with Crippen molar-refractivity contribution in [1.29, 1.82) is 0 Å². The first kappa shape index (κ1) is 16.5. The molecule has 0 bridgehead atoms. The van der Waals surface area contributed by atoms with Gasteiger partial charge in [0.15, 0.2) is 0 Å². The summed E-state index contributed by atoms with van der Waals surface area (Å²) in [6.07, 6.45) is 5.03. The van der Waals surface area contributed by atoms with Gasteiger partial charge in [-0.1, -0.05) is 17.3 Å². The van der Waals surface area contributed by atoms with Crippen LogP contribution < -0.4 is 4.74 Å². The Morgan fingerprint density at radius 1 is 1.36 bits per heavy atom. The Labute approximate surface area is 147 Å². The molecule has 2 aliphatic rings. The minimum atomic E-state index is -3.34. The van der Waals surface area contributed by atoms with E-state index in [4.69, 9.17) is 4.74 Å². The third kappa shape index (κ3) is 3.69. The molecule has 1 aliphatic heterocycles. The van der Waals surface area contributed by atoms with Crippen LogP contribution >= 0.6 is 0 Å². The number of hydrogen-bond donors (Lipinski definition) is 0. The molecule has 0 radical (unpaired) electrons. The second kappa shape index (κ2) is 6.42. The summed E-state index contributed by atoms with van der Waals surface area (Å²) in [5, 5.41) is 7.92. The first-order valence-electron chi connectivity index (χ1n) is 8.60. The monoisotopic (exact) mass is 362 g/mol. The third-order valence-corrected chi connectivity index (χ3v) is 6.54. The van der Waals surface area contributed by atoms with E-state index in [0.29, 0.717) is 25.3 Å². The molecule has 0 atom stereocenters. The fourth-order valence-corrected chi connectivity index (χ4v) is 4.93. The third-order valence-electron chi connectivity index (χ3n) is 4.68. The molecule has 4 rings (SSSR count). The fourth-order valence-electron chi connectivity index (χ4n) is 3.20. The summed E-state index contributed by atoms with van der Waals surface area (Å²) in [6, 6.07) is 6.09. The van der Waals surface area contributed by atoms with Gasteiger partial charge < -0.3 is 4.74 Å². The maximum atomic E-state index is 12.9. The molecule has 1 saturated carbocycles. The Kier molecular flexibility index (Phi) is 4.24. The van der Waals surface area contributed by atoms with Crippen molar-refractivity contribution in [3.05, 3.63) is 41.2 Å². The lowest BCUT2D eigenvalue weighted by molar-refractivity contribution is 0.357. The zero-order chi connectivity index (χ0) is 17.4. The highest BCUT2D eigenvalue weighted by Gasteiger charge is 2.37. The molecule has 25 heavy (non-hydrogen) atoms. The molecule has 1 aromatic carbocycles. The molecular weight excluding hydrogens is 340 g/mol. The summed E-state index contributed by atoms with van der Waals surface area (Å²) in [5.74, 6) is 1.04. The molecular formula is C17H22N4O3S. The van der Waals surface area contributed by atoms with Crippen molar-refractivity contribution in [3.63, 3.8) is 0 Å². The summed E-state index contributed by atoms with van der Waals surface area (Å²) >= 11 is 0. The molecule has 1 aliphatic carbocycles. The van der Waals surface area contributed by atoms with Crippen molar-refractivity contribution in [3.8, 4) is 5.75 Å². The number of aromatic nitrogens is 3. The average Bonchev–Trinajstić information content (AvgIpc) is 3.16. The average molecular weight is 362 g/mol. The molecule has 0 saturated heterocycles. The zero-order valence-corrected chi connectivity index (χ0v) is 15.1. The Bertz CT molecular complexity index is 874. The van der Waals surface area contributed by atoms with Crippen LogP contribution in [0.25, 0.3) is 0 Å². The van der Waals surface area contributed by atoms with Crippen molar-refractivity contribution in [2.45, 2.75) is 38.3 Å². The number of rotatable bonds is 7. The summed E-state index contributed by atoms with van der Waals surface area (Å²) < 4.78 is 34.5. The van der Waals surface area contributed by atoms with Crippen LogP contribution in [-0.4, -0.2) is 46.1 Å². The van der Waals surface area contributed by atoms with Crippen LogP contribution in [0, 0.1) is 0 Å². The maximum absolute atomic E-state index is 12.9. The normalized spacial score (nSPS) is 16.9. The SMILES string of the molecule is Cn1cc(CN(C2CC2)S(=O)(=O)CCc2ccc3c(c2)CCO3)nn1. The van der Waals surface area contributed by atoms with Crippen LogP contribution in [0.5, 0.6) is 5.75 Å². The van der Waals surface area contributed by atoms with Gasteiger partial charge in [-0.2, -0.15) is 4.31 Å². The maximum Gasteiger partial charge on any atom is 0.215 e. The van der Waals surface area contributed by atoms with E-state index in [1.807, 2.05) is 12.1 Å². The summed E-state index contributed by atoms with van der Waals surface area (Å²) in [7, 11) is -1.55. The molecule has 1 fully saturated rings. The van der Waals surface area contributed by atoms with Crippen LogP contribution in [0.4, 0.5) is 0 Å². The van der Waals surface area contributed by atoms with Gasteiger partial charge in [0.1, 0.15) is 5.75 Å². The van der Waals surface area contributed by atoms with Crippen molar-refractivity contribution in [2.75, 3.05) is 12.4 Å². The zero-order valence-electron chi connectivity index (χ0n) is 14.3. The first-order valence-corrected chi connectivity index (χ1v) is 10.2. The van der Waals surface area contributed by atoms with Gasteiger partial charge in [0.05, 0.1) is 24.6 Å². The molecule has 0 spiro atoms. The summed E-state index contributed by atoms with van der Waals surface area (Å²) in [5.41, 5.74) is 2.91. The number of nitrogens with zero attached hydrogens (tertiary/aromatic N) is 4. The standard InChI is InChI=1S/C17H22N4O3S/c1-20-11-15(18-19-20)12-21(16-3-4-16)25(22,23)9-7-13-2-5-17-14(10-13)6-8-24-17/h2,5,10-11,16H,3-4,6-9,12H2,1H3. The Morgan fingerprint density at radius 3 is 2.92 bits per heavy atom. The summed E-state index contributed by atoms with van der Waals surface area (Å²) in [4.78, 5) is 0. The van der Waals surface area contributed by atoms with E-state index in [0.717, 1.165) is 30.6 Å².